The van der Waals surface area contributed by atoms with Gasteiger partial charge >= 0.3 is 5.97 Å². The first-order chi connectivity index (χ1) is 12.3. The molecule has 0 bridgehead atoms. The quantitative estimate of drug-likeness (QED) is 0.377. The first-order valence-electron chi connectivity index (χ1n) is 9.03. The fourth-order valence-electron chi connectivity index (χ4n) is 4.17. The minimum Gasteiger partial charge on any atom is -0.477 e. The van der Waals surface area contributed by atoms with Gasteiger partial charge in [-0.15, -0.1) is 11.8 Å². The lowest BCUT2D eigenvalue weighted by Crippen LogP contribution is -2.61. The summed E-state index contributed by atoms with van der Waals surface area (Å²) in [5, 5.41) is 26.3. The molecule has 0 saturated carbocycles. The Bertz CT molecular complexity index is 661. The Labute approximate surface area is 157 Å². The number of nitrogens with one attached hydrogen (secondary N) is 2. The molecule has 0 aliphatic carbocycles. The highest BCUT2D eigenvalue weighted by Crippen LogP contribution is 2.48. The summed E-state index contributed by atoms with van der Waals surface area (Å²) in [5.74, 6) is -1.81. The maximum Gasteiger partial charge on any atom is 0.353 e. The first kappa shape index (κ1) is 19.4. The van der Waals surface area contributed by atoms with Crippen LogP contribution in [0.3, 0.4) is 0 Å². The van der Waals surface area contributed by atoms with Gasteiger partial charge in [-0.3, -0.25) is 4.79 Å². The Hall–Kier alpha value is -1.35. The molecule has 2 fully saturated rings. The summed E-state index contributed by atoms with van der Waals surface area (Å²) < 4.78 is 0. The first-order valence-corrected chi connectivity index (χ1v) is 9.91. The van der Waals surface area contributed by atoms with Crippen LogP contribution in [0.4, 0.5) is 0 Å². The molecule has 3 aliphatic rings. The molecule has 0 spiro atoms. The molecule has 0 radical (unpaired) electrons. The van der Waals surface area contributed by atoms with E-state index in [-0.39, 0.29) is 22.9 Å². The summed E-state index contributed by atoms with van der Waals surface area (Å²) in [6.07, 6.45) is 2.93. The van der Waals surface area contributed by atoms with E-state index in [1.807, 2.05) is 7.05 Å². The highest BCUT2D eigenvalue weighted by molar-refractivity contribution is 8.03. The summed E-state index contributed by atoms with van der Waals surface area (Å²) in [6.45, 7) is 5.35. The van der Waals surface area contributed by atoms with Crippen molar-refractivity contribution in [3.8, 4) is 0 Å². The third-order valence-corrected chi connectivity index (χ3v) is 6.60. The van der Waals surface area contributed by atoms with Crippen LogP contribution < -0.4 is 10.6 Å². The summed E-state index contributed by atoms with van der Waals surface area (Å²) in [4.78, 5) is 26.1. The number of carbonyl (C=O) groups excluding carboxylic acids is 1. The monoisotopic (exact) mass is 381 g/mol. The molecule has 1 amide bonds. The molecule has 0 aromatic rings. The van der Waals surface area contributed by atoms with Gasteiger partial charge in [0.05, 0.1) is 18.1 Å². The average molecular weight is 381 g/mol. The highest BCUT2D eigenvalue weighted by atomic mass is 32.2. The van der Waals surface area contributed by atoms with Crippen LogP contribution in [-0.2, 0) is 9.59 Å². The molecular weight excluding hydrogens is 354 g/mol. The lowest BCUT2D eigenvalue weighted by molar-refractivity contribution is -0.161. The number of aliphatic carboxylic acids is 1. The third kappa shape index (κ3) is 3.55. The van der Waals surface area contributed by atoms with Crippen LogP contribution in [0.1, 0.15) is 26.7 Å². The maximum absolute atomic E-state index is 12.3. The number of β-lactam (4-membered cyclic amide) rings is 1. The van der Waals surface area contributed by atoms with E-state index in [0.717, 1.165) is 24.4 Å². The number of hydrogen-bond acceptors (Lipinski definition) is 6. The molecular formula is C18H27N3O4S. The lowest BCUT2D eigenvalue weighted by atomic mass is 9.83. The Morgan fingerprint density at radius 3 is 2.88 bits per heavy atom. The number of aliphatic hydroxyl groups is 1. The SMILES string of the molecule is CNC/C(C)=C\[C@@H]1C[C@H](SC2=C(C(=O)O)N3C(=O)[C@H]([C@@H](C)O)[C@H]3C2)CN1. The molecule has 5 atom stereocenters. The van der Waals surface area contributed by atoms with E-state index in [1.54, 1.807) is 18.7 Å². The van der Waals surface area contributed by atoms with Crippen molar-refractivity contribution < 1.29 is 19.8 Å². The van der Waals surface area contributed by atoms with Crippen molar-refractivity contribution in [1.82, 2.24) is 15.5 Å². The van der Waals surface area contributed by atoms with Gasteiger partial charge in [-0.1, -0.05) is 11.6 Å². The van der Waals surface area contributed by atoms with E-state index in [1.165, 1.54) is 10.5 Å². The van der Waals surface area contributed by atoms with Crippen LogP contribution >= 0.6 is 11.8 Å². The van der Waals surface area contributed by atoms with Crippen LogP contribution in [0.2, 0.25) is 0 Å². The van der Waals surface area contributed by atoms with Crippen molar-refractivity contribution in [3.05, 3.63) is 22.3 Å². The van der Waals surface area contributed by atoms with E-state index >= 15 is 0 Å². The number of rotatable bonds is 7. The molecule has 3 heterocycles. The van der Waals surface area contributed by atoms with Gasteiger partial charge in [-0.2, -0.15) is 0 Å². The van der Waals surface area contributed by atoms with Gasteiger partial charge in [0.1, 0.15) is 5.70 Å². The summed E-state index contributed by atoms with van der Waals surface area (Å²) in [7, 11) is 1.92. The zero-order valence-corrected chi connectivity index (χ0v) is 16.2. The van der Waals surface area contributed by atoms with E-state index in [4.69, 9.17) is 0 Å². The fourth-order valence-corrected chi connectivity index (χ4v) is 5.62. The number of carboxylic acids is 1. The number of amides is 1. The Morgan fingerprint density at radius 2 is 2.27 bits per heavy atom. The maximum atomic E-state index is 12.3. The number of nitrogens with zero attached hydrogens (tertiary/aromatic N) is 1. The number of likely N-dealkylation sites (N-methyl/N-ethyl adjacent to an activating group) is 1. The molecule has 4 N–H and O–H groups in total. The molecule has 26 heavy (non-hydrogen) atoms. The number of aliphatic hydroxyl groups excluding tert-OH is 1. The zero-order valence-electron chi connectivity index (χ0n) is 15.4. The topological polar surface area (TPSA) is 102 Å². The molecule has 0 aromatic carbocycles. The normalized spacial score (nSPS) is 32.7. The van der Waals surface area contributed by atoms with Crippen LogP contribution in [0.5, 0.6) is 0 Å². The van der Waals surface area contributed by atoms with Crippen molar-refractivity contribution in [2.24, 2.45) is 5.92 Å². The van der Waals surface area contributed by atoms with Crippen molar-refractivity contribution >= 4 is 23.6 Å². The van der Waals surface area contributed by atoms with Crippen LogP contribution in [0.25, 0.3) is 0 Å². The molecule has 0 aromatic heterocycles. The van der Waals surface area contributed by atoms with Crippen molar-refractivity contribution in [1.29, 1.82) is 0 Å². The second kappa shape index (κ2) is 7.72. The van der Waals surface area contributed by atoms with E-state index in [9.17, 15) is 19.8 Å². The van der Waals surface area contributed by atoms with Crippen molar-refractivity contribution in [3.63, 3.8) is 0 Å². The van der Waals surface area contributed by atoms with E-state index < -0.39 is 18.0 Å². The standard InChI is InChI=1S/C18H27N3O4S/c1-9(7-19-3)4-11-5-12(8-20-11)26-14-6-13-15(10(2)22)17(23)21(13)16(14)18(24)25/h4,10-13,15,19-20,22H,5-8H2,1-3H3,(H,24,25)/b9-4-/t10-,11-,12+,13-,15-/m1/s1. The van der Waals surface area contributed by atoms with Gasteiger partial charge in [-0.25, -0.2) is 4.79 Å². The van der Waals surface area contributed by atoms with Crippen LogP contribution in [0, 0.1) is 5.92 Å². The predicted molar refractivity (Wildman–Crippen MR) is 101 cm³/mol. The van der Waals surface area contributed by atoms with Gasteiger partial charge in [0, 0.05) is 35.7 Å². The minimum atomic E-state index is -1.06. The van der Waals surface area contributed by atoms with Gasteiger partial charge < -0.3 is 25.7 Å². The van der Waals surface area contributed by atoms with Gasteiger partial charge in [0.25, 0.3) is 0 Å². The number of carboxylic acid groups (broad SMARTS) is 1. The summed E-state index contributed by atoms with van der Waals surface area (Å²) in [5.41, 5.74) is 1.39. The minimum absolute atomic E-state index is 0.118. The summed E-state index contributed by atoms with van der Waals surface area (Å²) >= 11 is 1.57. The molecule has 7 nitrogen and oxygen atoms in total. The van der Waals surface area contributed by atoms with Gasteiger partial charge in [0.2, 0.25) is 5.91 Å². The summed E-state index contributed by atoms with van der Waals surface area (Å²) in [6, 6.07) is 0.0824. The van der Waals surface area contributed by atoms with Gasteiger partial charge in [0.15, 0.2) is 0 Å². The molecule has 3 aliphatic heterocycles. The van der Waals surface area contributed by atoms with E-state index in [0.29, 0.717) is 12.5 Å². The van der Waals surface area contributed by atoms with Crippen molar-refractivity contribution in [2.75, 3.05) is 20.1 Å². The van der Waals surface area contributed by atoms with Crippen LogP contribution in [0.15, 0.2) is 22.3 Å². The molecule has 2 saturated heterocycles. The molecule has 144 valence electrons. The van der Waals surface area contributed by atoms with Crippen molar-refractivity contribution in [2.45, 2.75) is 50.1 Å². The average Bonchev–Trinajstić information content (AvgIpc) is 3.10. The number of thioether (sulfide) groups is 1. The largest absolute Gasteiger partial charge is 0.477 e. The van der Waals surface area contributed by atoms with E-state index in [2.05, 4.69) is 23.6 Å². The number of carbonyl (C=O) groups is 2. The predicted octanol–water partition coefficient (Wildman–Crippen LogP) is 0.524. The second-order valence-corrected chi connectivity index (χ2v) is 8.75. The fraction of sp³-hybridized carbons (Fsp3) is 0.667. The zero-order chi connectivity index (χ0) is 19.0. The van der Waals surface area contributed by atoms with Gasteiger partial charge in [-0.05, 0) is 27.3 Å². The molecule has 0 unspecified atom stereocenters. The molecule has 3 rings (SSSR count). The Morgan fingerprint density at radius 1 is 1.54 bits per heavy atom. The third-order valence-electron chi connectivity index (χ3n) is 5.27. The Kier molecular flexibility index (Phi) is 5.76. The molecule has 8 heteroatoms. The smallest absolute Gasteiger partial charge is 0.353 e. The highest BCUT2D eigenvalue weighted by Gasteiger charge is 2.57. The second-order valence-electron chi connectivity index (χ2n) is 7.36. The number of hydrogen-bond donors (Lipinski definition) is 4. The Balaban J connectivity index is 1.67. The lowest BCUT2D eigenvalue weighted by Gasteiger charge is -2.44. The number of fused-ring (bicyclic) bond motifs is 1. The van der Waals surface area contributed by atoms with Crippen LogP contribution in [-0.4, -0.2) is 70.6 Å².